The number of carbonyl (C=O) groups excluding carboxylic acids is 2. The molecule has 1 atom stereocenters. The van der Waals surface area contributed by atoms with Gasteiger partial charge in [-0.1, -0.05) is 12.8 Å². The van der Waals surface area contributed by atoms with E-state index in [-0.39, 0.29) is 22.0 Å². The lowest BCUT2D eigenvalue weighted by molar-refractivity contribution is -0.134. The minimum Gasteiger partial charge on any atom is -0.452 e. The summed E-state index contributed by atoms with van der Waals surface area (Å²) < 4.78 is 55.2. The fourth-order valence-corrected chi connectivity index (χ4v) is 7.08. The van der Waals surface area contributed by atoms with E-state index in [2.05, 4.69) is 0 Å². The fourth-order valence-electron chi connectivity index (χ4n) is 3.79. The molecule has 0 radical (unpaired) electrons. The average Bonchev–Trinajstić information content (AvgIpc) is 2.94. The van der Waals surface area contributed by atoms with Gasteiger partial charge in [0.25, 0.3) is 5.91 Å². The molecule has 11 heteroatoms. The summed E-state index contributed by atoms with van der Waals surface area (Å²) in [5, 5.41) is 0. The maximum absolute atomic E-state index is 12.8. The number of sulfonamides is 1. The molecule has 0 N–H and O–H groups in total. The highest BCUT2D eigenvalue weighted by molar-refractivity contribution is 7.91. The predicted octanol–water partition coefficient (Wildman–Crippen LogP) is 1.05. The van der Waals surface area contributed by atoms with Gasteiger partial charge in [0, 0.05) is 26.2 Å². The second-order valence-corrected chi connectivity index (χ2v) is 12.1. The van der Waals surface area contributed by atoms with Crippen molar-refractivity contribution in [3.05, 3.63) is 29.8 Å². The Labute approximate surface area is 183 Å². The van der Waals surface area contributed by atoms with Crippen LogP contribution in [-0.2, 0) is 29.4 Å². The van der Waals surface area contributed by atoms with Gasteiger partial charge in [-0.15, -0.1) is 0 Å². The van der Waals surface area contributed by atoms with Gasteiger partial charge in [0.2, 0.25) is 10.0 Å². The molecule has 31 heavy (non-hydrogen) atoms. The molecule has 0 aromatic heterocycles. The van der Waals surface area contributed by atoms with E-state index in [0.29, 0.717) is 19.5 Å². The van der Waals surface area contributed by atoms with Gasteiger partial charge in [-0.05, 0) is 43.5 Å². The van der Waals surface area contributed by atoms with Gasteiger partial charge in [0.15, 0.2) is 16.4 Å². The maximum atomic E-state index is 12.8. The standard InChI is InChI=1S/C20H28N2O7S2/c1-21(17-10-13-30(25,26)15-17)19(23)14-29-20(24)16-6-8-18(9-7-16)31(27,28)22-11-4-2-3-5-12-22/h6-9,17H,2-5,10-15H2,1H3. The minimum absolute atomic E-state index is 0.0434. The van der Waals surface area contributed by atoms with Crippen molar-refractivity contribution in [3.8, 4) is 0 Å². The Morgan fingerprint density at radius 3 is 2.26 bits per heavy atom. The zero-order valence-corrected chi connectivity index (χ0v) is 19.2. The van der Waals surface area contributed by atoms with E-state index in [4.69, 9.17) is 4.74 Å². The van der Waals surface area contributed by atoms with Crippen molar-refractivity contribution in [2.45, 2.75) is 43.0 Å². The highest BCUT2D eigenvalue weighted by Crippen LogP contribution is 2.21. The first kappa shape index (κ1) is 23.7. The number of nitrogens with zero attached hydrogens (tertiary/aromatic N) is 2. The van der Waals surface area contributed by atoms with Crippen LogP contribution in [-0.4, -0.2) is 82.2 Å². The van der Waals surface area contributed by atoms with Crippen LogP contribution in [0.25, 0.3) is 0 Å². The lowest BCUT2D eigenvalue weighted by atomic mass is 10.2. The Bertz CT molecular complexity index is 1010. The second kappa shape index (κ2) is 9.66. The molecule has 2 aliphatic heterocycles. The van der Waals surface area contributed by atoms with E-state index < -0.39 is 44.4 Å². The third kappa shape index (κ3) is 5.83. The molecule has 1 aromatic rings. The first-order chi connectivity index (χ1) is 14.6. The molecular weight excluding hydrogens is 444 g/mol. The van der Waals surface area contributed by atoms with Crippen LogP contribution < -0.4 is 0 Å². The van der Waals surface area contributed by atoms with E-state index in [1.54, 1.807) is 0 Å². The predicted molar refractivity (Wildman–Crippen MR) is 114 cm³/mol. The molecule has 9 nitrogen and oxygen atoms in total. The van der Waals surface area contributed by atoms with Gasteiger partial charge in [-0.3, -0.25) is 4.79 Å². The van der Waals surface area contributed by atoms with Gasteiger partial charge in [0.1, 0.15) is 0 Å². The largest absolute Gasteiger partial charge is 0.452 e. The molecule has 0 spiro atoms. The SMILES string of the molecule is CN(C(=O)COC(=O)c1ccc(S(=O)(=O)N2CCCCCC2)cc1)C1CCS(=O)(=O)C1. The van der Waals surface area contributed by atoms with Gasteiger partial charge < -0.3 is 9.64 Å². The molecule has 2 heterocycles. The number of ether oxygens (including phenoxy) is 1. The molecular formula is C20H28N2O7S2. The summed E-state index contributed by atoms with van der Waals surface area (Å²) in [5.74, 6) is -1.28. The second-order valence-electron chi connectivity index (χ2n) is 7.98. The van der Waals surface area contributed by atoms with E-state index in [0.717, 1.165) is 25.7 Å². The maximum Gasteiger partial charge on any atom is 0.338 e. The van der Waals surface area contributed by atoms with Crippen molar-refractivity contribution >= 4 is 31.7 Å². The molecule has 172 valence electrons. The minimum atomic E-state index is -3.61. The first-order valence-electron chi connectivity index (χ1n) is 10.3. The van der Waals surface area contributed by atoms with Crippen molar-refractivity contribution in [2.24, 2.45) is 0 Å². The fraction of sp³-hybridized carbons (Fsp3) is 0.600. The number of sulfone groups is 1. The van der Waals surface area contributed by atoms with Crippen LogP contribution in [0, 0.1) is 0 Å². The number of benzene rings is 1. The van der Waals surface area contributed by atoms with Crippen LogP contribution in [0.2, 0.25) is 0 Å². The lowest BCUT2D eigenvalue weighted by Gasteiger charge is -2.23. The van der Waals surface area contributed by atoms with Crippen molar-refractivity contribution in [1.82, 2.24) is 9.21 Å². The highest BCUT2D eigenvalue weighted by Gasteiger charge is 2.33. The number of hydrogen-bond acceptors (Lipinski definition) is 7. The van der Waals surface area contributed by atoms with Crippen LogP contribution in [0.5, 0.6) is 0 Å². The highest BCUT2D eigenvalue weighted by atomic mass is 32.2. The van der Waals surface area contributed by atoms with Crippen LogP contribution in [0.15, 0.2) is 29.2 Å². The van der Waals surface area contributed by atoms with Gasteiger partial charge in [0.05, 0.1) is 22.0 Å². The molecule has 3 rings (SSSR count). The van der Waals surface area contributed by atoms with E-state index in [9.17, 15) is 26.4 Å². The van der Waals surface area contributed by atoms with Gasteiger partial charge >= 0.3 is 5.97 Å². The summed E-state index contributed by atoms with van der Waals surface area (Å²) in [6, 6.07) is 5.05. The van der Waals surface area contributed by atoms with Crippen LogP contribution in [0.3, 0.4) is 0 Å². The van der Waals surface area contributed by atoms with Gasteiger partial charge in [-0.25, -0.2) is 21.6 Å². The third-order valence-corrected chi connectivity index (χ3v) is 9.43. The van der Waals surface area contributed by atoms with Crippen molar-refractivity contribution in [1.29, 1.82) is 0 Å². The number of likely N-dealkylation sites (N-methyl/N-ethyl adjacent to an activating group) is 1. The summed E-state index contributed by atoms with van der Waals surface area (Å²) in [7, 11) is -5.25. The topological polar surface area (TPSA) is 118 Å². The quantitative estimate of drug-likeness (QED) is 0.568. The summed E-state index contributed by atoms with van der Waals surface area (Å²) >= 11 is 0. The molecule has 0 aliphatic carbocycles. The molecule has 2 aliphatic rings. The molecule has 1 aromatic carbocycles. The summed E-state index contributed by atoms with van der Waals surface area (Å²) in [6.45, 7) is 0.466. The Kier molecular flexibility index (Phi) is 7.38. The monoisotopic (exact) mass is 472 g/mol. The molecule has 0 bridgehead atoms. The zero-order chi connectivity index (χ0) is 22.6. The number of hydrogen-bond donors (Lipinski definition) is 0. The molecule has 2 fully saturated rings. The van der Waals surface area contributed by atoms with E-state index >= 15 is 0 Å². The Balaban J connectivity index is 1.57. The number of esters is 1. The normalized spacial score (nSPS) is 21.9. The third-order valence-electron chi connectivity index (χ3n) is 5.77. The molecule has 1 amide bonds. The van der Waals surface area contributed by atoms with Crippen LogP contribution in [0.4, 0.5) is 0 Å². The number of carbonyl (C=O) groups is 2. The summed E-state index contributed by atoms with van der Waals surface area (Å²) in [4.78, 5) is 25.9. The molecule has 1 unspecified atom stereocenters. The number of amides is 1. The Morgan fingerprint density at radius 2 is 1.71 bits per heavy atom. The summed E-state index contributed by atoms with van der Waals surface area (Å²) in [5.41, 5.74) is 0.133. The van der Waals surface area contributed by atoms with Crippen LogP contribution >= 0.6 is 0 Å². The van der Waals surface area contributed by atoms with Crippen molar-refractivity contribution < 1.29 is 31.2 Å². The average molecular weight is 473 g/mol. The van der Waals surface area contributed by atoms with E-state index in [1.807, 2.05) is 0 Å². The van der Waals surface area contributed by atoms with Crippen LogP contribution in [0.1, 0.15) is 42.5 Å². The van der Waals surface area contributed by atoms with Gasteiger partial charge in [-0.2, -0.15) is 4.31 Å². The lowest BCUT2D eigenvalue weighted by Crippen LogP contribution is -2.40. The van der Waals surface area contributed by atoms with Crippen molar-refractivity contribution in [3.63, 3.8) is 0 Å². The Hall–Kier alpha value is -1.98. The van der Waals surface area contributed by atoms with E-state index in [1.165, 1.54) is 40.5 Å². The smallest absolute Gasteiger partial charge is 0.338 e. The zero-order valence-electron chi connectivity index (χ0n) is 17.5. The molecule has 0 saturated carbocycles. The summed E-state index contributed by atoms with van der Waals surface area (Å²) in [6.07, 6.45) is 4.06. The number of rotatable bonds is 6. The first-order valence-corrected chi connectivity index (χ1v) is 13.6. The van der Waals surface area contributed by atoms with Crippen molar-refractivity contribution in [2.75, 3.05) is 38.2 Å². The molecule has 2 saturated heterocycles. The Morgan fingerprint density at radius 1 is 1.10 bits per heavy atom.